The molecule has 0 saturated carbocycles. The molecule has 0 bridgehead atoms. The molecule has 1 aromatic carbocycles. The van der Waals surface area contributed by atoms with Crippen molar-refractivity contribution in [1.82, 2.24) is 4.57 Å². The number of carboxylic acids is 1. The highest BCUT2D eigenvalue weighted by Crippen LogP contribution is 2.16. The Kier molecular flexibility index (Phi) is 3.50. The molecule has 96 valence electrons. The van der Waals surface area contributed by atoms with Gasteiger partial charge >= 0.3 is 11.7 Å². The average molecular weight is 249 g/mol. The summed E-state index contributed by atoms with van der Waals surface area (Å²) in [5.41, 5.74) is 2.44. The van der Waals surface area contributed by atoms with Crippen LogP contribution in [0.3, 0.4) is 0 Å². The van der Waals surface area contributed by atoms with Crippen molar-refractivity contribution in [3.05, 3.63) is 34.3 Å². The first-order valence-corrected chi connectivity index (χ1v) is 5.88. The van der Waals surface area contributed by atoms with Crippen LogP contribution in [0, 0.1) is 0 Å². The Morgan fingerprint density at radius 2 is 2.17 bits per heavy atom. The average Bonchev–Trinajstić information content (AvgIpc) is 2.61. The van der Waals surface area contributed by atoms with E-state index >= 15 is 0 Å². The molecule has 0 aliphatic carbocycles. The van der Waals surface area contributed by atoms with E-state index in [9.17, 15) is 9.59 Å². The Bertz CT molecular complexity index is 623. The molecule has 2 rings (SSSR count). The molecule has 2 aromatic rings. The molecule has 5 heteroatoms. The molecule has 0 aliphatic heterocycles. The van der Waals surface area contributed by atoms with E-state index in [2.05, 4.69) is 0 Å². The number of rotatable bonds is 5. The van der Waals surface area contributed by atoms with Crippen LogP contribution in [0.1, 0.15) is 24.8 Å². The van der Waals surface area contributed by atoms with Gasteiger partial charge in [-0.05, 0) is 37.0 Å². The number of nitrogens with zero attached hydrogens (tertiary/aromatic N) is 1. The Hall–Kier alpha value is -2.04. The molecule has 1 heterocycles. The fourth-order valence-electron chi connectivity index (χ4n) is 1.93. The highest BCUT2D eigenvalue weighted by molar-refractivity contribution is 5.73. The minimum absolute atomic E-state index is 0.201. The van der Waals surface area contributed by atoms with Crippen molar-refractivity contribution >= 4 is 17.1 Å². The molecule has 0 radical (unpaired) electrons. The van der Waals surface area contributed by atoms with Crippen molar-refractivity contribution in [2.75, 3.05) is 0 Å². The third kappa shape index (κ3) is 2.61. The predicted octanol–water partition coefficient (Wildman–Crippen LogP) is 1.93. The van der Waals surface area contributed by atoms with Gasteiger partial charge in [0.05, 0.1) is 5.52 Å². The first kappa shape index (κ1) is 12.4. The van der Waals surface area contributed by atoms with Crippen LogP contribution in [-0.4, -0.2) is 15.6 Å². The van der Waals surface area contributed by atoms with Gasteiger partial charge in [0, 0.05) is 13.5 Å². The summed E-state index contributed by atoms with van der Waals surface area (Å²) in [4.78, 5) is 21.7. The van der Waals surface area contributed by atoms with Crippen molar-refractivity contribution in [3.8, 4) is 0 Å². The van der Waals surface area contributed by atoms with Crippen molar-refractivity contribution in [2.24, 2.45) is 7.05 Å². The minimum atomic E-state index is -0.761. The first-order chi connectivity index (χ1) is 8.58. The molecular formula is C13H15NO4. The molecule has 0 fully saturated rings. The second kappa shape index (κ2) is 5.08. The van der Waals surface area contributed by atoms with Crippen LogP contribution in [0.2, 0.25) is 0 Å². The molecule has 1 N–H and O–H groups in total. The molecule has 0 saturated heterocycles. The first-order valence-electron chi connectivity index (χ1n) is 5.88. The van der Waals surface area contributed by atoms with Crippen LogP contribution in [0.5, 0.6) is 0 Å². The zero-order valence-corrected chi connectivity index (χ0v) is 10.2. The number of fused-ring (bicyclic) bond motifs is 1. The molecule has 18 heavy (non-hydrogen) atoms. The van der Waals surface area contributed by atoms with E-state index in [0.29, 0.717) is 12.0 Å². The summed E-state index contributed by atoms with van der Waals surface area (Å²) >= 11 is 0. The van der Waals surface area contributed by atoms with E-state index < -0.39 is 5.97 Å². The van der Waals surface area contributed by atoms with Gasteiger partial charge in [-0.2, -0.15) is 0 Å². The molecule has 1 aromatic heterocycles. The van der Waals surface area contributed by atoms with E-state index in [1.165, 1.54) is 4.57 Å². The predicted molar refractivity (Wildman–Crippen MR) is 66.6 cm³/mol. The van der Waals surface area contributed by atoms with Gasteiger partial charge in [-0.15, -0.1) is 0 Å². The zero-order valence-electron chi connectivity index (χ0n) is 10.2. The quantitative estimate of drug-likeness (QED) is 0.822. The van der Waals surface area contributed by atoms with Gasteiger partial charge in [0.1, 0.15) is 0 Å². The van der Waals surface area contributed by atoms with Gasteiger partial charge in [0.2, 0.25) is 0 Å². The van der Waals surface area contributed by atoms with E-state index in [1.54, 1.807) is 13.1 Å². The van der Waals surface area contributed by atoms with E-state index in [4.69, 9.17) is 9.52 Å². The number of aromatic nitrogens is 1. The molecule has 0 aliphatic rings. The second-order valence-electron chi connectivity index (χ2n) is 4.33. The normalized spacial score (nSPS) is 10.9. The van der Waals surface area contributed by atoms with Crippen LogP contribution in [0.25, 0.3) is 11.1 Å². The summed E-state index contributed by atoms with van der Waals surface area (Å²) in [6.07, 6.45) is 2.50. The summed E-state index contributed by atoms with van der Waals surface area (Å²) < 4.78 is 6.51. The number of carboxylic acid groups (broad SMARTS) is 1. The molecule has 0 unspecified atom stereocenters. The Morgan fingerprint density at radius 1 is 1.39 bits per heavy atom. The number of oxazole rings is 1. The van der Waals surface area contributed by atoms with E-state index in [-0.39, 0.29) is 12.2 Å². The topological polar surface area (TPSA) is 72.4 Å². The van der Waals surface area contributed by atoms with Crippen LogP contribution in [0.15, 0.2) is 27.4 Å². The van der Waals surface area contributed by atoms with E-state index in [0.717, 1.165) is 23.9 Å². The molecule has 5 nitrogen and oxygen atoms in total. The monoisotopic (exact) mass is 249 g/mol. The Balaban J connectivity index is 2.08. The highest BCUT2D eigenvalue weighted by atomic mass is 16.4. The maximum Gasteiger partial charge on any atom is 0.419 e. The molecule has 0 amide bonds. The smallest absolute Gasteiger partial charge is 0.419 e. The number of unbranched alkanes of at least 4 members (excludes halogenated alkanes) is 1. The standard InChI is InChI=1S/C13H15NO4/c1-14-10-8-9(4-2-3-5-12(15)16)6-7-11(10)18-13(14)17/h6-8H,2-5H2,1H3,(H,15,16). The lowest BCUT2D eigenvalue weighted by Crippen LogP contribution is -2.08. The third-order valence-electron chi connectivity index (χ3n) is 2.96. The van der Waals surface area contributed by atoms with Crippen LogP contribution < -0.4 is 5.76 Å². The molecule has 0 atom stereocenters. The van der Waals surface area contributed by atoms with Gasteiger partial charge in [-0.1, -0.05) is 6.07 Å². The lowest BCUT2D eigenvalue weighted by molar-refractivity contribution is -0.137. The zero-order chi connectivity index (χ0) is 13.1. The number of benzene rings is 1. The number of hydrogen-bond acceptors (Lipinski definition) is 3. The number of aryl methyl sites for hydroxylation is 2. The maximum atomic E-state index is 11.3. The van der Waals surface area contributed by atoms with Crippen molar-refractivity contribution in [2.45, 2.75) is 25.7 Å². The largest absolute Gasteiger partial charge is 0.481 e. The Morgan fingerprint density at radius 3 is 2.89 bits per heavy atom. The number of carbonyl (C=O) groups is 1. The van der Waals surface area contributed by atoms with Crippen molar-refractivity contribution < 1.29 is 14.3 Å². The van der Waals surface area contributed by atoms with Gasteiger partial charge in [-0.3, -0.25) is 9.36 Å². The lowest BCUT2D eigenvalue weighted by atomic mass is 10.1. The van der Waals surface area contributed by atoms with Crippen LogP contribution in [0.4, 0.5) is 0 Å². The van der Waals surface area contributed by atoms with E-state index in [1.807, 2.05) is 12.1 Å². The minimum Gasteiger partial charge on any atom is -0.481 e. The van der Waals surface area contributed by atoms with Gasteiger partial charge in [0.15, 0.2) is 5.58 Å². The number of aliphatic carboxylic acids is 1. The second-order valence-corrected chi connectivity index (χ2v) is 4.33. The third-order valence-corrected chi connectivity index (χ3v) is 2.96. The fraction of sp³-hybridized carbons (Fsp3) is 0.385. The molecule has 0 spiro atoms. The fourth-order valence-corrected chi connectivity index (χ4v) is 1.93. The van der Waals surface area contributed by atoms with Gasteiger partial charge < -0.3 is 9.52 Å². The van der Waals surface area contributed by atoms with Crippen LogP contribution >= 0.6 is 0 Å². The highest BCUT2D eigenvalue weighted by Gasteiger charge is 2.06. The van der Waals surface area contributed by atoms with Gasteiger partial charge in [0.25, 0.3) is 0 Å². The summed E-state index contributed by atoms with van der Waals surface area (Å²) in [5.74, 6) is -1.13. The summed E-state index contributed by atoms with van der Waals surface area (Å²) in [5, 5.41) is 8.54. The maximum absolute atomic E-state index is 11.3. The van der Waals surface area contributed by atoms with Crippen molar-refractivity contribution in [1.29, 1.82) is 0 Å². The van der Waals surface area contributed by atoms with Gasteiger partial charge in [-0.25, -0.2) is 4.79 Å². The SMILES string of the molecule is Cn1c(=O)oc2ccc(CCCCC(=O)O)cc21. The summed E-state index contributed by atoms with van der Waals surface area (Å²) in [7, 11) is 1.67. The summed E-state index contributed by atoms with van der Waals surface area (Å²) in [6.45, 7) is 0. The molecular weight excluding hydrogens is 234 g/mol. The van der Waals surface area contributed by atoms with Crippen LogP contribution in [-0.2, 0) is 18.3 Å². The lowest BCUT2D eigenvalue weighted by Gasteiger charge is -2.01. The number of hydrogen-bond donors (Lipinski definition) is 1. The summed E-state index contributed by atoms with van der Waals surface area (Å²) in [6, 6.07) is 5.61. The Labute approximate surface area is 104 Å². The van der Waals surface area contributed by atoms with Crippen molar-refractivity contribution in [3.63, 3.8) is 0 Å².